The molecular weight excluding hydrogens is 326 g/mol. The molecular formula is C21H27N3O2. The number of methoxy groups -OCH3 is 1. The van der Waals surface area contributed by atoms with Crippen molar-refractivity contribution in [1.29, 1.82) is 0 Å². The van der Waals surface area contributed by atoms with Crippen LogP contribution in [-0.2, 0) is 11.2 Å². The van der Waals surface area contributed by atoms with Crippen LogP contribution in [0.4, 0.5) is 5.95 Å². The van der Waals surface area contributed by atoms with Gasteiger partial charge < -0.3 is 14.4 Å². The van der Waals surface area contributed by atoms with E-state index < -0.39 is 0 Å². The summed E-state index contributed by atoms with van der Waals surface area (Å²) in [6.07, 6.45) is 8.65. The first-order valence-corrected chi connectivity index (χ1v) is 9.58. The lowest BCUT2D eigenvalue weighted by molar-refractivity contribution is -0.00500. The molecule has 2 heterocycles. The molecule has 138 valence electrons. The van der Waals surface area contributed by atoms with Gasteiger partial charge in [-0.3, -0.25) is 0 Å². The highest BCUT2D eigenvalue weighted by atomic mass is 16.5. The van der Waals surface area contributed by atoms with E-state index in [4.69, 9.17) is 9.47 Å². The van der Waals surface area contributed by atoms with Gasteiger partial charge in [-0.15, -0.1) is 0 Å². The number of benzene rings is 1. The fraction of sp³-hybridized carbons (Fsp3) is 0.524. The molecule has 5 heteroatoms. The van der Waals surface area contributed by atoms with Crippen LogP contribution in [-0.4, -0.2) is 42.9 Å². The number of hydrogen-bond donors (Lipinski definition) is 0. The molecule has 2 fully saturated rings. The monoisotopic (exact) mass is 353 g/mol. The summed E-state index contributed by atoms with van der Waals surface area (Å²) in [6.45, 7) is 2.81. The summed E-state index contributed by atoms with van der Waals surface area (Å²) in [4.78, 5) is 11.2. The van der Waals surface area contributed by atoms with Crippen LogP contribution >= 0.6 is 0 Å². The normalized spacial score (nSPS) is 23.0. The Bertz CT molecular complexity index is 688. The molecule has 0 unspecified atom stereocenters. The van der Waals surface area contributed by atoms with Gasteiger partial charge in [-0.1, -0.05) is 12.1 Å². The summed E-state index contributed by atoms with van der Waals surface area (Å²) in [6, 6.07) is 10.3. The third-order valence-corrected chi connectivity index (χ3v) is 5.40. The van der Waals surface area contributed by atoms with E-state index in [0.717, 1.165) is 50.2 Å². The maximum Gasteiger partial charge on any atom is 0.225 e. The molecule has 1 saturated heterocycles. The van der Waals surface area contributed by atoms with Crippen molar-refractivity contribution >= 4 is 5.95 Å². The third kappa shape index (κ3) is 4.33. The fourth-order valence-corrected chi connectivity index (χ4v) is 3.67. The van der Waals surface area contributed by atoms with E-state index in [2.05, 4.69) is 27.0 Å². The number of aromatic nitrogens is 2. The second-order valence-electron chi connectivity index (χ2n) is 7.41. The highest BCUT2D eigenvalue weighted by molar-refractivity contribution is 5.31. The molecule has 0 bridgehead atoms. The molecule has 26 heavy (non-hydrogen) atoms. The topological polar surface area (TPSA) is 47.5 Å². The highest BCUT2D eigenvalue weighted by Crippen LogP contribution is 2.32. The lowest BCUT2D eigenvalue weighted by Crippen LogP contribution is -2.46. The van der Waals surface area contributed by atoms with Gasteiger partial charge in [0.05, 0.1) is 13.2 Å². The molecule has 0 N–H and O–H groups in total. The zero-order valence-electron chi connectivity index (χ0n) is 15.4. The van der Waals surface area contributed by atoms with Crippen molar-refractivity contribution in [3.05, 3.63) is 48.3 Å². The van der Waals surface area contributed by atoms with E-state index in [9.17, 15) is 0 Å². The van der Waals surface area contributed by atoms with Gasteiger partial charge in [0.2, 0.25) is 5.95 Å². The van der Waals surface area contributed by atoms with Crippen molar-refractivity contribution in [2.75, 3.05) is 31.7 Å². The zero-order chi connectivity index (χ0) is 17.8. The van der Waals surface area contributed by atoms with E-state index >= 15 is 0 Å². The second kappa shape index (κ2) is 8.04. The van der Waals surface area contributed by atoms with Gasteiger partial charge in [0.15, 0.2) is 0 Å². The first kappa shape index (κ1) is 17.3. The zero-order valence-corrected chi connectivity index (χ0v) is 15.4. The third-order valence-electron chi connectivity index (χ3n) is 5.40. The Morgan fingerprint density at radius 1 is 1.08 bits per heavy atom. The molecule has 4 rings (SSSR count). The molecule has 2 aromatic rings. The summed E-state index contributed by atoms with van der Waals surface area (Å²) in [5, 5.41) is 0. The predicted molar refractivity (Wildman–Crippen MR) is 102 cm³/mol. The quantitative estimate of drug-likeness (QED) is 0.764. The lowest BCUT2D eigenvalue weighted by Gasteiger charge is -2.38. The van der Waals surface area contributed by atoms with Crippen molar-refractivity contribution in [2.45, 2.75) is 31.8 Å². The minimum absolute atomic E-state index is 0.317. The van der Waals surface area contributed by atoms with Crippen molar-refractivity contribution in [1.82, 2.24) is 9.97 Å². The minimum atomic E-state index is 0.317. The Balaban J connectivity index is 1.46. The van der Waals surface area contributed by atoms with E-state index in [-0.39, 0.29) is 0 Å². The van der Waals surface area contributed by atoms with Crippen molar-refractivity contribution in [3.8, 4) is 5.75 Å². The largest absolute Gasteiger partial charge is 0.497 e. The molecule has 5 nitrogen and oxygen atoms in total. The Labute approximate surface area is 155 Å². The first-order valence-electron chi connectivity index (χ1n) is 9.58. The average Bonchev–Trinajstić information content (AvgIpc) is 3.53. The van der Waals surface area contributed by atoms with Gasteiger partial charge in [0.1, 0.15) is 5.75 Å². The molecule has 1 aliphatic heterocycles. The minimum Gasteiger partial charge on any atom is -0.497 e. The Morgan fingerprint density at radius 3 is 2.54 bits per heavy atom. The van der Waals surface area contributed by atoms with Crippen LogP contribution in [0.2, 0.25) is 0 Å². The smallest absolute Gasteiger partial charge is 0.225 e. The summed E-state index contributed by atoms with van der Waals surface area (Å²) in [5.74, 6) is 2.97. The van der Waals surface area contributed by atoms with Crippen LogP contribution < -0.4 is 9.64 Å². The molecule has 1 aliphatic carbocycles. The van der Waals surface area contributed by atoms with Gasteiger partial charge in [0.25, 0.3) is 0 Å². The van der Waals surface area contributed by atoms with Crippen LogP contribution in [0, 0.1) is 11.8 Å². The average molecular weight is 353 g/mol. The number of anilines is 1. The predicted octanol–water partition coefficient (Wildman–Crippen LogP) is 3.35. The number of piperidine rings is 1. The Hall–Kier alpha value is -2.14. The first-order chi connectivity index (χ1) is 12.8. The maximum atomic E-state index is 6.33. The molecule has 1 aromatic heterocycles. The van der Waals surface area contributed by atoms with Crippen molar-refractivity contribution in [3.63, 3.8) is 0 Å². The van der Waals surface area contributed by atoms with Gasteiger partial charge in [0, 0.05) is 38.0 Å². The van der Waals surface area contributed by atoms with Gasteiger partial charge in [-0.2, -0.15) is 0 Å². The summed E-state index contributed by atoms with van der Waals surface area (Å²) in [7, 11) is 1.70. The molecule has 2 atom stereocenters. The Morgan fingerprint density at radius 2 is 1.85 bits per heavy atom. The summed E-state index contributed by atoms with van der Waals surface area (Å²) < 4.78 is 11.6. The van der Waals surface area contributed by atoms with Gasteiger partial charge in [-0.25, -0.2) is 9.97 Å². The molecule has 1 saturated carbocycles. The van der Waals surface area contributed by atoms with Crippen LogP contribution in [0.5, 0.6) is 5.75 Å². The SMILES string of the molecule is COc1ccc(C[C@@H]2CN(c3ncccn3)CC[C@@H]2OCC2CC2)cc1. The van der Waals surface area contributed by atoms with Crippen LogP contribution in [0.3, 0.4) is 0 Å². The fourth-order valence-electron chi connectivity index (χ4n) is 3.67. The van der Waals surface area contributed by atoms with Gasteiger partial charge >= 0.3 is 0 Å². The molecule has 1 aromatic carbocycles. The van der Waals surface area contributed by atoms with E-state index in [1.54, 1.807) is 7.11 Å². The summed E-state index contributed by atoms with van der Waals surface area (Å²) >= 11 is 0. The van der Waals surface area contributed by atoms with E-state index in [1.807, 2.05) is 30.6 Å². The van der Waals surface area contributed by atoms with Crippen molar-refractivity contribution < 1.29 is 9.47 Å². The molecule has 0 radical (unpaired) electrons. The van der Waals surface area contributed by atoms with Crippen LogP contribution in [0.1, 0.15) is 24.8 Å². The molecule has 0 spiro atoms. The molecule has 0 amide bonds. The van der Waals surface area contributed by atoms with E-state index in [1.165, 1.54) is 18.4 Å². The van der Waals surface area contributed by atoms with Gasteiger partial charge in [-0.05, 0) is 55.4 Å². The maximum absolute atomic E-state index is 6.33. The van der Waals surface area contributed by atoms with Crippen LogP contribution in [0.25, 0.3) is 0 Å². The van der Waals surface area contributed by atoms with Crippen LogP contribution in [0.15, 0.2) is 42.7 Å². The highest BCUT2D eigenvalue weighted by Gasteiger charge is 2.33. The molecule has 2 aliphatic rings. The number of nitrogens with zero attached hydrogens (tertiary/aromatic N) is 3. The Kier molecular flexibility index (Phi) is 5.34. The number of rotatable bonds is 7. The second-order valence-corrected chi connectivity index (χ2v) is 7.41. The lowest BCUT2D eigenvalue weighted by atomic mass is 9.88. The number of ether oxygens (including phenoxy) is 2. The summed E-state index contributed by atoms with van der Waals surface area (Å²) in [5.41, 5.74) is 1.33. The van der Waals surface area contributed by atoms with Crippen molar-refractivity contribution in [2.24, 2.45) is 11.8 Å². The standard InChI is InChI=1S/C21H27N3O2/c1-25-19-7-5-16(6-8-19)13-18-14-24(21-22-10-2-11-23-21)12-9-20(18)26-15-17-3-4-17/h2,5-8,10-11,17-18,20H,3-4,9,12-15H2,1H3/t18-,20+/m1/s1. The van der Waals surface area contributed by atoms with E-state index in [0.29, 0.717) is 12.0 Å². The number of hydrogen-bond acceptors (Lipinski definition) is 5.